The van der Waals surface area contributed by atoms with E-state index in [1.165, 1.54) is 42.8 Å². The highest BCUT2D eigenvalue weighted by Gasteiger charge is 2.43. The Kier molecular flexibility index (Phi) is 9.59. The fourth-order valence-corrected chi connectivity index (χ4v) is 6.99. The molecule has 36 heavy (non-hydrogen) atoms. The van der Waals surface area contributed by atoms with Crippen LogP contribution < -0.4 is 10.1 Å². The molecular weight excluding hydrogens is 486 g/mol. The van der Waals surface area contributed by atoms with E-state index in [2.05, 4.69) is 10.2 Å². The van der Waals surface area contributed by atoms with Crippen molar-refractivity contribution in [1.82, 2.24) is 14.5 Å². The number of rotatable bonds is 8. The van der Waals surface area contributed by atoms with E-state index < -0.39 is 28.3 Å². The number of methoxy groups -OCH3 is 1. The molecule has 3 aliphatic rings. The lowest BCUT2D eigenvalue weighted by Gasteiger charge is -2.43. The molecule has 0 aliphatic carbocycles. The van der Waals surface area contributed by atoms with E-state index >= 15 is 0 Å². The average Bonchev–Trinajstić information content (AvgIpc) is 2.87. The van der Waals surface area contributed by atoms with Crippen molar-refractivity contribution in [2.24, 2.45) is 0 Å². The van der Waals surface area contributed by atoms with E-state index in [9.17, 15) is 18.3 Å². The van der Waals surface area contributed by atoms with Crippen LogP contribution in [0.3, 0.4) is 0 Å². The number of piperidine rings is 1. The van der Waals surface area contributed by atoms with Crippen LogP contribution in [0.4, 0.5) is 0 Å². The Labute approximate surface area is 213 Å². The molecule has 1 amide bonds. The highest BCUT2D eigenvalue weighted by Crippen LogP contribution is 2.32. The molecule has 4 atom stereocenters. The van der Waals surface area contributed by atoms with Gasteiger partial charge in [-0.15, -0.1) is 0 Å². The number of aliphatic hydroxyl groups excluding tert-OH is 1. The minimum Gasteiger partial charge on any atom is -0.497 e. The van der Waals surface area contributed by atoms with Crippen LogP contribution in [0.2, 0.25) is 0 Å². The Bertz CT molecular complexity index is 953. The largest absolute Gasteiger partial charge is 0.497 e. The summed E-state index contributed by atoms with van der Waals surface area (Å²) in [5.74, 6) is 0.506. The Morgan fingerprint density at radius 3 is 2.61 bits per heavy atom. The monoisotopic (exact) mass is 525 g/mol. The number of carbonyl (C=O) groups excluding carboxylic acids is 1. The molecule has 0 radical (unpaired) electrons. The summed E-state index contributed by atoms with van der Waals surface area (Å²) in [6, 6.07) is 5.72. The number of benzene rings is 1. The van der Waals surface area contributed by atoms with Crippen molar-refractivity contribution < 1.29 is 32.5 Å². The highest BCUT2D eigenvalue weighted by molar-refractivity contribution is 7.89. The van der Waals surface area contributed by atoms with E-state index in [1.807, 2.05) is 0 Å². The fourth-order valence-electron chi connectivity index (χ4n) is 5.27. The Morgan fingerprint density at radius 2 is 1.89 bits per heavy atom. The molecule has 0 spiro atoms. The molecule has 3 fully saturated rings. The molecule has 0 aromatic heterocycles. The first-order valence-electron chi connectivity index (χ1n) is 12.9. The third-order valence-corrected chi connectivity index (χ3v) is 9.12. The third kappa shape index (κ3) is 6.96. The molecule has 2 N–H and O–H groups in total. The number of nitrogens with one attached hydrogen (secondary N) is 1. The summed E-state index contributed by atoms with van der Waals surface area (Å²) >= 11 is 0. The molecule has 0 saturated carbocycles. The normalized spacial score (nSPS) is 28.5. The maximum atomic E-state index is 13.6. The first-order chi connectivity index (χ1) is 17.4. The minimum atomic E-state index is -3.89. The zero-order valence-corrected chi connectivity index (χ0v) is 21.8. The maximum Gasteiger partial charge on any atom is 0.243 e. The molecule has 3 heterocycles. The van der Waals surface area contributed by atoms with Gasteiger partial charge >= 0.3 is 0 Å². The third-order valence-electron chi connectivity index (χ3n) is 7.21. The number of β-amino-alcohol motifs (C(OH)–C–C–N with tert-alkyl or cyclic N) is 1. The van der Waals surface area contributed by atoms with E-state index in [4.69, 9.17) is 14.2 Å². The summed E-state index contributed by atoms with van der Waals surface area (Å²) < 4.78 is 45.5. The van der Waals surface area contributed by atoms with Gasteiger partial charge in [-0.05, 0) is 63.0 Å². The summed E-state index contributed by atoms with van der Waals surface area (Å²) in [4.78, 5) is 15.1. The van der Waals surface area contributed by atoms with Crippen LogP contribution in [-0.4, -0.2) is 106 Å². The Morgan fingerprint density at radius 1 is 1.14 bits per heavy atom. The lowest BCUT2D eigenvalue weighted by molar-refractivity contribution is -0.146. The second-order valence-corrected chi connectivity index (χ2v) is 11.7. The highest BCUT2D eigenvalue weighted by atomic mass is 32.2. The van der Waals surface area contributed by atoms with Gasteiger partial charge in [0, 0.05) is 19.6 Å². The molecule has 3 aliphatic heterocycles. The maximum absolute atomic E-state index is 13.6. The van der Waals surface area contributed by atoms with Gasteiger partial charge in [-0.1, -0.05) is 6.42 Å². The zero-order chi connectivity index (χ0) is 25.5. The van der Waals surface area contributed by atoms with Gasteiger partial charge in [-0.25, -0.2) is 8.42 Å². The molecule has 202 valence electrons. The quantitative estimate of drug-likeness (QED) is 0.516. The van der Waals surface area contributed by atoms with Crippen LogP contribution in [0, 0.1) is 0 Å². The van der Waals surface area contributed by atoms with Crippen LogP contribution in [-0.2, 0) is 24.3 Å². The van der Waals surface area contributed by atoms with Crippen LogP contribution in [0.25, 0.3) is 0 Å². The summed E-state index contributed by atoms with van der Waals surface area (Å²) in [5, 5.41) is 13.4. The van der Waals surface area contributed by atoms with Gasteiger partial charge in [-0.3, -0.25) is 4.79 Å². The predicted octanol–water partition coefficient (Wildman–Crippen LogP) is 0.985. The van der Waals surface area contributed by atoms with Crippen molar-refractivity contribution in [3.63, 3.8) is 0 Å². The van der Waals surface area contributed by atoms with Crippen LogP contribution >= 0.6 is 0 Å². The minimum absolute atomic E-state index is 0.0167. The van der Waals surface area contributed by atoms with Gasteiger partial charge in [-0.2, -0.15) is 4.31 Å². The Hall–Kier alpha value is -1.76. The van der Waals surface area contributed by atoms with E-state index in [-0.39, 0.29) is 43.1 Å². The number of carbonyl (C=O) groups is 1. The summed E-state index contributed by atoms with van der Waals surface area (Å²) in [6.45, 7) is 3.75. The van der Waals surface area contributed by atoms with Crippen molar-refractivity contribution in [2.45, 2.75) is 67.8 Å². The lowest BCUT2D eigenvalue weighted by atomic mass is 9.96. The molecule has 0 bridgehead atoms. The molecule has 10 nitrogen and oxygen atoms in total. The van der Waals surface area contributed by atoms with Crippen LogP contribution in [0.5, 0.6) is 5.75 Å². The number of sulfonamides is 1. The topological polar surface area (TPSA) is 118 Å². The molecule has 1 aromatic rings. The first kappa shape index (κ1) is 27.3. The second kappa shape index (κ2) is 12.7. The number of hydrogen-bond acceptors (Lipinski definition) is 8. The number of ether oxygens (including phenoxy) is 3. The standard InChI is InChI=1S/C25H39N3O7S/c1-33-20-5-8-22(9-6-20)36(31,32)28-16-19(29)17-34-18-24-23(28)10-7-21(35-24)15-25(30)26-11-14-27-12-3-2-4-13-27/h5-6,8-9,19,21,23-24,29H,2-4,7,10-18H2,1H3,(H,26,30)/t19-,21+,23+,24-/m1/s1. The summed E-state index contributed by atoms with van der Waals surface area (Å²) in [5.41, 5.74) is 0. The zero-order valence-electron chi connectivity index (χ0n) is 21.0. The van der Waals surface area contributed by atoms with Gasteiger partial charge in [0.25, 0.3) is 0 Å². The van der Waals surface area contributed by atoms with E-state index in [0.717, 1.165) is 19.6 Å². The van der Waals surface area contributed by atoms with Crippen molar-refractivity contribution in [3.05, 3.63) is 24.3 Å². The number of aliphatic hydroxyl groups is 1. The van der Waals surface area contributed by atoms with Crippen molar-refractivity contribution >= 4 is 15.9 Å². The van der Waals surface area contributed by atoms with Crippen molar-refractivity contribution in [1.29, 1.82) is 0 Å². The SMILES string of the molecule is COc1ccc(S(=O)(=O)N2C[C@@H](O)COC[C@H]3O[C@H](CC(=O)NCCN4CCCCC4)CC[C@@H]32)cc1. The second-order valence-electron chi connectivity index (χ2n) is 9.84. The van der Waals surface area contributed by atoms with Gasteiger partial charge in [0.05, 0.1) is 56.0 Å². The lowest BCUT2D eigenvalue weighted by Crippen LogP contribution is -2.57. The number of fused-ring (bicyclic) bond motifs is 1. The van der Waals surface area contributed by atoms with Gasteiger partial charge in [0.1, 0.15) is 5.75 Å². The predicted molar refractivity (Wildman–Crippen MR) is 133 cm³/mol. The summed E-state index contributed by atoms with van der Waals surface area (Å²) in [6.07, 6.45) is 3.25. The first-order valence-corrected chi connectivity index (χ1v) is 14.4. The molecule has 4 rings (SSSR count). The van der Waals surface area contributed by atoms with Crippen LogP contribution in [0.15, 0.2) is 29.2 Å². The molecular formula is C25H39N3O7S. The smallest absolute Gasteiger partial charge is 0.243 e. The van der Waals surface area contributed by atoms with Gasteiger partial charge in [0.2, 0.25) is 15.9 Å². The van der Waals surface area contributed by atoms with Gasteiger partial charge < -0.3 is 29.5 Å². The molecule has 1 aromatic carbocycles. The van der Waals surface area contributed by atoms with Crippen molar-refractivity contribution in [2.75, 3.05) is 53.0 Å². The number of hydrogen-bond donors (Lipinski definition) is 2. The van der Waals surface area contributed by atoms with E-state index in [1.54, 1.807) is 12.1 Å². The number of amides is 1. The van der Waals surface area contributed by atoms with Crippen molar-refractivity contribution in [3.8, 4) is 5.75 Å². The van der Waals surface area contributed by atoms with Gasteiger partial charge in [0.15, 0.2) is 0 Å². The summed E-state index contributed by atoms with van der Waals surface area (Å²) in [7, 11) is -2.37. The molecule has 0 unspecified atom stereocenters. The number of likely N-dealkylation sites (tertiary alicyclic amines) is 1. The molecule has 11 heteroatoms. The van der Waals surface area contributed by atoms with E-state index in [0.29, 0.717) is 25.1 Å². The number of nitrogens with zero attached hydrogens (tertiary/aromatic N) is 2. The molecule has 3 saturated heterocycles. The van der Waals surface area contributed by atoms with Crippen LogP contribution in [0.1, 0.15) is 38.5 Å². The fraction of sp³-hybridized carbons (Fsp3) is 0.720. The Balaban J connectivity index is 1.37. The average molecular weight is 526 g/mol.